The highest BCUT2D eigenvalue weighted by atomic mass is 35.5. The molecule has 1 fully saturated rings. The van der Waals surface area contributed by atoms with E-state index in [2.05, 4.69) is 37.3 Å². The summed E-state index contributed by atoms with van der Waals surface area (Å²) in [6.45, 7) is 6.21. The summed E-state index contributed by atoms with van der Waals surface area (Å²) in [7, 11) is 0. The molecule has 1 aromatic heterocycles. The molecule has 0 spiro atoms. The van der Waals surface area contributed by atoms with Crippen LogP contribution in [-0.4, -0.2) is 41.1 Å². The number of nitrogens with zero attached hydrogens (tertiary/aromatic N) is 2. The van der Waals surface area contributed by atoms with Crippen molar-refractivity contribution in [3.05, 3.63) is 63.4 Å². The lowest BCUT2D eigenvalue weighted by Gasteiger charge is -2.38. The molecule has 1 aliphatic carbocycles. The number of fused-ring (bicyclic) bond motifs is 2. The molecular weight excluding hydrogens is 384 g/mol. The molecule has 154 valence electrons. The van der Waals surface area contributed by atoms with Gasteiger partial charge in [0.1, 0.15) is 0 Å². The minimum atomic E-state index is -0.806. The van der Waals surface area contributed by atoms with E-state index in [0.29, 0.717) is 12.5 Å². The lowest BCUT2D eigenvalue weighted by molar-refractivity contribution is -0.197. The molecule has 2 aliphatic rings. The van der Waals surface area contributed by atoms with Crippen LogP contribution < -0.4 is 0 Å². The van der Waals surface area contributed by atoms with E-state index in [-0.39, 0.29) is 5.92 Å². The first-order chi connectivity index (χ1) is 14.1. The minimum Gasteiger partial charge on any atom is -0.356 e. The van der Waals surface area contributed by atoms with E-state index in [1.54, 1.807) is 0 Å². The molecule has 4 nitrogen and oxygen atoms in total. The van der Waals surface area contributed by atoms with Crippen molar-refractivity contribution >= 4 is 23.8 Å². The van der Waals surface area contributed by atoms with E-state index in [1.807, 2.05) is 24.1 Å². The van der Waals surface area contributed by atoms with Gasteiger partial charge < -0.3 is 9.84 Å². The first kappa shape index (κ1) is 20.5. The van der Waals surface area contributed by atoms with Crippen molar-refractivity contribution in [3.63, 3.8) is 0 Å². The van der Waals surface area contributed by atoms with E-state index in [9.17, 15) is 5.11 Å². The SMILES string of the molecule is CCOC(O)N1CCC(C2c3cc(CC)c(Cl)cc3C=Cc3cccnc32)CC1. The Bertz CT molecular complexity index is 890. The summed E-state index contributed by atoms with van der Waals surface area (Å²) in [4.78, 5) is 6.85. The van der Waals surface area contributed by atoms with E-state index in [0.717, 1.165) is 43.1 Å². The third kappa shape index (κ3) is 4.13. The van der Waals surface area contributed by atoms with Gasteiger partial charge in [-0.25, -0.2) is 0 Å². The van der Waals surface area contributed by atoms with Crippen LogP contribution in [0, 0.1) is 5.92 Å². The van der Waals surface area contributed by atoms with Gasteiger partial charge in [0.25, 0.3) is 0 Å². The van der Waals surface area contributed by atoms with Gasteiger partial charge >= 0.3 is 0 Å². The zero-order valence-corrected chi connectivity index (χ0v) is 17.9. The first-order valence-corrected chi connectivity index (χ1v) is 11.0. The van der Waals surface area contributed by atoms with Gasteiger partial charge in [-0.05, 0) is 66.5 Å². The number of benzene rings is 1. The van der Waals surface area contributed by atoms with Gasteiger partial charge in [-0.3, -0.25) is 9.88 Å². The monoisotopic (exact) mass is 412 g/mol. The third-order valence-electron chi connectivity index (χ3n) is 6.25. The van der Waals surface area contributed by atoms with Crippen LogP contribution in [0.5, 0.6) is 0 Å². The molecule has 2 unspecified atom stereocenters. The fourth-order valence-electron chi connectivity index (χ4n) is 4.70. The quantitative estimate of drug-likeness (QED) is 0.706. The molecule has 2 heterocycles. The number of aromatic nitrogens is 1. The van der Waals surface area contributed by atoms with Crippen molar-refractivity contribution in [2.75, 3.05) is 19.7 Å². The number of halogens is 1. The Kier molecular flexibility index (Phi) is 6.35. The Balaban J connectivity index is 1.70. The van der Waals surface area contributed by atoms with E-state index >= 15 is 0 Å². The largest absolute Gasteiger partial charge is 0.356 e. The maximum Gasteiger partial charge on any atom is 0.216 e. The molecule has 5 heteroatoms. The number of pyridine rings is 1. The highest BCUT2D eigenvalue weighted by Gasteiger charge is 2.34. The summed E-state index contributed by atoms with van der Waals surface area (Å²) in [6, 6.07) is 8.55. The average Bonchev–Trinajstić information content (AvgIpc) is 2.90. The molecule has 0 amide bonds. The zero-order valence-electron chi connectivity index (χ0n) is 17.1. The van der Waals surface area contributed by atoms with Crippen LogP contribution in [0.4, 0.5) is 0 Å². The number of ether oxygens (including phenoxy) is 1. The summed E-state index contributed by atoms with van der Waals surface area (Å²) >= 11 is 6.55. The molecule has 1 aliphatic heterocycles. The molecule has 1 saturated heterocycles. The second-order valence-electron chi connectivity index (χ2n) is 7.87. The van der Waals surface area contributed by atoms with Crippen LogP contribution in [0.1, 0.15) is 60.6 Å². The van der Waals surface area contributed by atoms with Gasteiger partial charge in [0.15, 0.2) is 0 Å². The molecule has 0 radical (unpaired) electrons. The molecule has 2 atom stereocenters. The van der Waals surface area contributed by atoms with Crippen molar-refractivity contribution in [2.24, 2.45) is 5.92 Å². The molecule has 1 aromatic carbocycles. The summed E-state index contributed by atoms with van der Waals surface area (Å²) in [5, 5.41) is 11.0. The molecule has 4 rings (SSSR count). The Morgan fingerprint density at radius 2 is 1.97 bits per heavy atom. The smallest absolute Gasteiger partial charge is 0.216 e. The Morgan fingerprint density at radius 3 is 2.69 bits per heavy atom. The average molecular weight is 413 g/mol. The number of likely N-dealkylation sites (tertiary alicyclic amines) is 1. The molecule has 0 bridgehead atoms. The lowest BCUT2D eigenvalue weighted by atomic mass is 9.76. The van der Waals surface area contributed by atoms with Crippen LogP contribution in [0.2, 0.25) is 5.02 Å². The van der Waals surface area contributed by atoms with Crippen LogP contribution in [0.25, 0.3) is 12.2 Å². The highest BCUT2D eigenvalue weighted by molar-refractivity contribution is 6.31. The number of aryl methyl sites for hydroxylation is 1. The van der Waals surface area contributed by atoms with Crippen molar-refractivity contribution in [1.29, 1.82) is 0 Å². The number of aliphatic hydroxyl groups excluding tert-OH is 1. The van der Waals surface area contributed by atoms with Gasteiger partial charge in [-0.15, -0.1) is 0 Å². The van der Waals surface area contributed by atoms with Crippen molar-refractivity contribution in [3.8, 4) is 0 Å². The predicted octanol–water partition coefficient (Wildman–Crippen LogP) is 4.94. The standard InChI is InChI=1S/C24H29ClN2O2/c1-3-16-14-20-19(15-21(16)25)8-7-18-6-5-11-26-23(18)22(20)17-9-12-27(13-10-17)24(28)29-4-2/h5-8,11,14-15,17,22,24,28H,3-4,9-10,12-13H2,1-2H3. The first-order valence-electron chi connectivity index (χ1n) is 10.6. The Morgan fingerprint density at radius 1 is 1.21 bits per heavy atom. The van der Waals surface area contributed by atoms with E-state index in [4.69, 9.17) is 21.3 Å². The minimum absolute atomic E-state index is 0.227. The highest BCUT2D eigenvalue weighted by Crippen LogP contribution is 2.43. The molecule has 0 saturated carbocycles. The van der Waals surface area contributed by atoms with Crippen LogP contribution in [0.3, 0.4) is 0 Å². The Labute approximate surface area is 178 Å². The molecular formula is C24H29ClN2O2. The topological polar surface area (TPSA) is 45.6 Å². The normalized spacial score (nSPS) is 20.8. The summed E-state index contributed by atoms with van der Waals surface area (Å²) < 4.78 is 5.38. The maximum absolute atomic E-state index is 10.2. The Hall–Kier alpha value is -1.72. The van der Waals surface area contributed by atoms with Gasteiger partial charge in [-0.2, -0.15) is 0 Å². The fraction of sp³-hybridized carbons (Fsp3) is 0.458. The number of hydrogen-bond donors (Lipinski definition) is 1. The second kappa shape index (κ2) is 8.97. The summed E-state index contributed by atoms with van der Waals surface area (Å²) in [5.41, 5.74) is 6.03. The van der Waals surface area contributed by atoms with Crippen LogP contribution in [-0.2, 0) is 11.2 Å². The maximum atomic E-state index is 10.2. The molecule has 2 aromatic rings. The van der Waals surface area contributed by atoms with Crippen LogP contribution in [0.15, 0.2) is 30.5 Å². The third-order valence-corrected chi connectivity index (χ3v) is 6.60. The summed E-state index contributed by atoms with van der Waals surface area (Å²) in [6.07, 6.45) is 8.33. The number of aliphatic hydroxyl groups is 1. The van der Waals surface area contributed by atoms with Crippen molar-refractivity contribution < 1.29 is 9.84 Å². The molecule has 29 heavy (non-hydrogen) atoms. The fourth-order valence-corrected chi connectivity index (χ4v) is 5.01. The number of piperidine rings is 1. The number of rotatable bonds is 5. The van der Waals surface area contributed by atoms with Crippen molar-refractivity contribution in [1.82, 2.24) is 9.88 Å². The van der Waals surface area contributed by atoms with E-state index in [1.165, 1.54) is 22.3 Å². The van der Waals surface area contributed by atoms with Gasteiger partial charge in [0, 0.05) is 36.8 Å². The van der Waals surface area contributed by atoms with Gasteiger partial charge in [0.05, 0.1) is 5.69 Å². The van der Waals surface area contributed by atoms with Gasteiger partial charge in [0.2, 0.25) is 6.41 Å². The zero-order chi connectivity index (χ0) is 20.4. The summed E-state index contributed by atoms with van der Waals surface area (Å²) in [5.74, 6) is 0.684. The van der Waals surface area contributed by atoms with Gasteiger partial charge in [-0.1, -0.05) is 42.8 Å². The van der Waals surface area contributed by atoms with Crippen molar-refractivity contribution in [2.45, 2.75) is 45.4 Å². The molecule has 1 N–H and O–H groups in total. The number of hydrogen-bond acceptors (Lipinski definition) is 4. The second-order valence-corrected chi connectivity index (χ2v) is 8.28. The lowest BCUT2D eigenvalue weighted by Crippen LogP contribution is -2.43. The van der Waals surface area contributed by atoms with Crippen LogP contribution >= 0.6 is 11.6 Å². The predicted molar refractivity (Wildman–Crippen MR) is 118 cm³/mol. The van der Waals surface area contributed by atoms with E-state index < -0.39 is 6.41 Å².